The third kappa shape index (κ3) is 7.15. The molecular weight excluding hydrogens is 508 g/mol. The van der Waals surface area contributed by atoms with E-state index in [0.717, 1.165) is 73.2 Å². The molecule has 41 heavy (non-hydrogen) atoms. The number of rotatable bonds is 10. The Kier molecular flexibility index (Phi) is 8.92. The standard InChI is InChI=1S/C36H40N2O3/c39-35(14-9-23-38-21-7-2-8-22-38)41-36-30(24-27-10-3-1-4-11-27)16-15-28-18-20-32(25-33(28)36)40-26-31-19-17-29-12-5-6-13-34(29)37-31/h1,3-6,10-13,17-20,25,30,36H,2,7-9,14-16,21-24,26H2/t30-,36-/m1/s1. The van der Waals surface area contributed by atoms with Crippen LogP contribution in [0.1, 0.15) is 67.0 Å². The van der Waals surface area contributed by atoms with Crippen LogP contribution in [0.3, 0.4) is 0 Å². The molecule has 0 unspecified atom stereocenters. The van der Waals surface area contributed by atoms with E-state index in [2.05, 4.69) is 53.4 Å². The highest BCUT2D eigenvalue weighted by Crippen LogP contribution is 2.41. The van der Waals surface area contributed by atoms with Gasteiger partial charge in [-0.2, -0.15) is 0 Å². The maximum Gasteiger partial charge on any atom is 0.306 e. The number of para-hydroxylation sites is 1. The zero-order valence-electron chi connectivity index (χ0n) is 23.8. The minimum Gasteiger partial charge on any atom is -0.487 e. The molecule has 0 amide bonds. The molecule has 0 spiro atoms. The summed E-state index contributed by atoms with van der Waals surface area (Å²) in [5.41, 5.74) is 5.47. The van der Waals surface area contributed by atoms with Crippen LogP contribution < -0.4 is 4.74 Å². The van der Waals surface area contributed by atoms with Crippen LogP contribution in [0, 0.1) is 5.92 Å². The highest BCUT2D eigenvalue weighted by atomic mass is 16.5. The summed E-state index contributed by atoms with van der Waals surface area (Å²) in [4.78, 5) is 20.4. The van der Waals surface area contributed by atoms with Gasteiger partial charge >= 0.3 is 5.97 Å². The minimum absolute atomic E-state index is 0.0930. The predicted octanol–water partition coefficient (Wildman–Crippen LogP) is 7.47. The van der Waals surface area contributed by atoms with Crippen LogP contribution in [0.15, 0.2) is 84.9 Å². The summed E-state index contributed by atoms with van der Waals surface area (Å²) in [7, 11) is 0. The molecule has 2 aliphatic rings. The fourth-order valence-corrected chi connectivity index (χ4v) is 6.36. The van der Waals surface area contributed by atoms with Gasteiger partial charge in [-0.3, -0.25) is 4.79 Å². The summed E-state index contributed by atoms with van der Waals surface area (Å²) >= 11 is 0. The smallest absolute Gasteiger partial charge is 0.306 e. The van der Waals surface area contributed by atoms with Crippen LogP contribution >= 0.6 is 0 Å². The number of nitrogens with zero attached hydrogens (tertiary/aromatic N) is 2. The van der Waals surface area contributed by atoms with Crippen molar-refractivity contribution in [2.75, 3.05) is 19.6 Å². The molecule has 2 heterocycles. The van der Waals surface area contributed by atoms with Crippen molar-refractivity contribution in [3.8, 4) is 5.75 Å². The third-order valence-corrected chi connectivity index (χ3v) is 8.58. The number of benzene rings is 3. The van der Waals surface area contributed by atoms with E-state index in [4.69, 9.17) is 14.5 Å². The normalized spacial score (nSPS) is 19.0. The Labute approximate surface area is 243 Å². The topological polar surface area (TPSA) is 51.7 Å². The molecule has 212 valence electrons. The molecular formula is C36H40N2O3. The van der Waals surface area contributed by atoms with Crippen molar-refractivity contribution in [2.24, 2.45) is 5.92 Å². The van der Waals surface area contributed by atoms with Crippen LogP contribution in [0.25, 0.3) is 10.9 Å². The Balaban J connectivity index is 1.16. The van der Waals surface area contributed by atoms with Crippen LogP contribution in [0.2, 0.25) is 0 Å². The second-order valence-electron chi connectivity index (χ2n) is 11.5. The van der Waals surface area contributed by atoms with Crippen molar-refractivity contribution in [3.05, 3.63) is 107 Å². The number of pyridine rings is 1. The lowest BCUT2D eigenvalue weighted by Gasteiger charge is -2.34. The van der Waals surface area contributed by atoms with Gasteiger partial charge in [-0.25, -0.2) is 4.98 Å². The zero-order chi connectivity index (χ0) is 27.9. The van der Waals surface area contributed by atoms with Gasteiger partial charge in [-0.1, -0.05) is 67.1 Å². The summed E-state index contributed by atoms with van der Waals surface area (Å²) in [6, 6.07) is 29.1. The molecule has 0 radical (unpaired) electrons. The molecule has 1 saturated heterocycles. The van der Waals surface area contributed by atoms with E-state index in [1.165, 1.54) is 30.4 Å². The summed E-state index contributed by atoms with van der Waals surface area (Å²) < 4.78 is 12.6. The number of likely N-dealkylation sites (tertiary alicyclic amines) is 1. The number of ether oxygens (including phenoxy) is 2. The average Bonchev–Trinajstić information content (AvgIpc) is 3.02. The highest BCUT2D eigenvalue weighted by Gasteiger charge is 2.33. The predicted molar refractivity (Wildman–Crippen MR) is 163 cm³/mol. The van der Waals surface area contributed by atoms with Crippen molar-refractivity contribution in [3.63, 3.8) is 0 Å². The SMILES string of the molecule is O=C(CCCN1CCCCC1)O[C@H]1c2cc(OCc3ccc4ccccc4n3)ccc2CC[C@@H]1Cc1ccccc1. The van der Waals surface area contributed by atoms with E-state index in [-0.39, 0.29) is 18.0 Å². The molecule has 5 nitrogen and oxygen atoms in total. The molecule has 6 rings (SSSR count). The van der Waals surface area contributed by atoms with E-state index in [0.29, 0.717) is 13.0 Å². The van der Waals surface area contributed by atoms with Crippen molar-refractivity contribution in [1.29, 1.82) is 0 Å². The maximum atomic E-state index is 13.2. The molecule has 5 heteroatoms. The first-order valence-corrected chi connectivity index (χ1v) is 15.3. The van der Waals surface area contributed by atoms with Crippen LogP contribution in [0.5, 0.6) is 5.75 Å². The minimum atomic E-state index is -0.274. The lowest BCUT2D eigenvalue weighted by Crippen LogP contribution is -2.31. The fraction of sp³-hybridized carbons (Fsp3) is 0.389. The van der Waals surface area contributed by atoms with Gasteiger partial charge in [-0.05, 0) is 99.1 Å². The molecule has 2 atom stereocenters. The van der Waals surface area contributed by atoms with E-state index in [1.807, 2.05) is 36.4 Å². The number of aromatic nitrogens is 1. The first-order valence-electron chi connectivity index (χ1n) is 15.3. The number of hydrogen-bond donors (Lipinski definition) is 0. The summed E-state index contributed by atoms with van der Waals surface area (Å²) in [5.74, 6) is 0.920. The van der Waals surface area contributed by atoms with E-state index >= 15 is 0 Å². The number of fused-ring (bicyclic) bond motifs is 2. The first kappa shape index (κ1) is 27.5. The molecule has 0 bridgehead atoms. The van der Waals surface area contributed by atoms with E-state index < -0.39 is 0 Å². The Bertz CT molecular complexity index is 1450. The van der Waals surface area contributed by atoms with Crippen molar-refractivity contribution >= 4 is 16.9 Å². The lowest BCUT2D eigenvalue weighted by molar-refractivity contribution is -0.153. The van der Waals surface area contributed by atoms with Crippen molar-refractivity contribution < 1.29 is 14.3 Å². The Hall–Kier alpha value is -3.70. The quantitative estimate of drug-likeness (QED) is 0.192. The largest absolute Gasteiger partial charge is 0.487 e. The Morgan fingerprint density at radius 2 is 1.73 bits per heavy atom. The van der Waals surface area contributed by atoms with Gasteiger partial charge in [0.25, 0.3) is 0 Å². The van der Waals surface area contributed by atoms with Gasteiger partial charge < -0.3 is 14.4 Å². The van der Waals surface area contributed by atoms with Gasteiger partial charge in [0.15, 0.2) is 0 Å². The number of aryl methyl sites for hydroxylation is 1. The number of esters is 1. The van der Waals surface area contributed by atoms with E-state index in [9.17, 15) is 4.79 Å². The first-order chi connectivity index (χ1) is 20.2. The van der Waals surface area contributed by atoms with Gasteiger partial charge in [0.1, 0.15) is 18.5 Å². The average molecular weight is 549 g/mol. The van der Waals surface area contributed by atoms with E-state index in [1.54, 1.807) is 0 Å². The summed E-state index contributed by atoms with van der Waals surface area (Å²) in [5, 5.41) is 1.12. The second-order valence-corrected chi connectivity index (χ2v) is 11.5. The highest BCUT2D eigenvalue weighted by molar-refractivity contribution is 5.78. The molecule has 1 fully saturated rings. The molecule has 1 aromatic heterocycles. The number of carbonyl (C=O) groups is 1. The van der Waals surface area contributed by atoms with Crippen LogP contribution in [-0.2, 0) is 29.0 Å². The molecule has 3 aromatic carbocycles. The van der Waals surface area contributed by atoms with Crippen molar-refractivity contribution in [1.82, 2.24) is 9.88 Å². The molecule has 1 aliphatic carbocycles. The van der Waals surface area contributed by atoms with Gasteiger partial charge in [-0.15, -0.1) is 0 Å². The summed E-state index contributed by atoms with van der Waals surface area (Å²) in [6.07, 6.45) is 7.76. The molecule has 0 saturated carbocycles. The van der Waals surface area contributed by atoms with Gasteiger partial charge in [0.05, 0.1) is 11.2 Å². The van der Waals surface area contributed by atoms with Crippen LogP contribution in [0.4, 0.5) is 0 Å². The summed E-state index contributed by atoms with van der Waals surface area (Å²) in [6.45, 7) is 3.67. The Morgan fingerprint density at radius 3 is 2.61 bits per heavy atom. The maximum absolute atomic E-state index is 13.2. The second kappa shape index (κ2) is 13.3. The number of hydrogen-bond acceptors (Lipinski definition) is 5. The van der Waals surface area contributed by atoms with Gasteiger partial charge in [0, 0.05) is 17.7 Å². The molecule has 1 aliphatic heterocycles. The third-order valence-electron chi connectivity index (χ3n) is 8.58. The molecule has 4 aromatic rings. The zero-order valence-corrected chi connectivity index (χ0v) is 23.8. The lowest BCUT2D eigenvalue weighted by atomic mass is 9.78. The number of piperidine rings is 1. The molecule has 0 N–H and O–H groups in total. The number of carbonyl (C=O) groups excluding carboxylic acids is 1. The monoisotopic (exact) mass is 548 g/mol. The van der Waals surface area contributed by atoms with Crippen molar-refractivity contribution in [2.45, 2.75) is 64.1 Å². The Morgan fingerprint density at radius 1 is 0.902 bits per heavy atom. The van der Waals surface area contributed by atoms with Gasteiger partial charge in [0.2, 0.25) is 0 Å². The fourth-order valence-electron chi connectivity index (χ4n) is 6.36. The van der Waals surface area contributed by atoms with Crippen LogP contribution in [-0.4, -0.2) is 35.5 Å².